The van der Waals surface area contributed by atoms with Crippen molar-refractivity contribution in [1.29, 1.82) is 0 Å². The molecular weight excluding hydrogens is 554 g/mol. The van der Waals surface area contributed by atoms with E-state index < -0.39 is 5.97 Å². The van der Waals surface area contributed by atoms with Gasteiger partial charge in [-0.3, -0.25) is 0 Å². The molecule has 1 atom stereocenters. The molecule has 2 aliphatic rings. The molecular formula is C34H29N7O3. The van der Waals surface area contributed by atoms with Crippen LogP contribution in [-0.4, -0.2) is 46.1 Å². The van der Waals surface area contributed by atoms with Gasteiger partial charge in [0.2, 0.25) is 0 Å². The van der Waals surface area contributed by atoms with Gasteiger partial charge in [-0.1, -0.05) is 42.5 Å². The first kappa shape index (κ1) is 27.1. The van der Waals surface area contributed by atoms with Crippen LogP contribution < -0.4 is 15.0 Å². The Kier molecular flexibility index (Phi) is 6.86. The zero-order valence-corrected chi connectivity index (χ0v) is 24.4. The van der Waals surface area contributed by atoms with Gasteiger partial charge >= 0.3 is 5.97 Å². The molecule has 10 nitrogen and oxygen atoms in total. The maximum atomic E-state index is 12.3. The van der Waals surface area contributed by atoms with Crippen molar-refractivity contribution >= 4 is 40.5 Å². The van der Waals surface area contributed by atoms with Crippen molar-refractivity contribution in [3.8, 4) is 11.6 Å². The molecule has 0 amide bonds. The van der Waals surface area contributed by atoms with E-state index in [1.54, 1.807) is 23.0 Å². The average molecular weight is 584 g/mol. The monoisotopic (exact) mass is 583 g/mol. The minimum Gasteiger partial charge on any atom is -0.492 e. The van der Waals surface area contributed by atoms with Crippen LogP contribution in [0.25, 0.3) is 5.82 Å². The molecule has 0 saturated heterocycles. The third-order valence-electron chi connectivity index (χ3n) is 7.59. The summed E-state index contributed by atoms with van der Waals surface area (Å²) in [5.41, 5.74) is 5.61. The number of esters is 1. The highest BCUT2D eigenvalue weighted by Crippen LogP contribution is 2.48. The first-order chi connectivity index (χ1) is 21.6. The number of para-hydroxylation sites is 4. The molecule has 0 spiro atoms. The van der Waals surface area contributed by atoms with Crippen LogP contribution >= 0.6 is 0 Å². The lowest BCUT2D eigenvalue weighted by Gasteiger charge is -2.40. The number of nitrogens with one attached hydrogen (secondary N) is 1. The van der Waals surface area contributed by atoms with Gasteiger partial charge in [0.05, 0.1) is 48.1 Å². The molecule has 7 rings (SSSR count). The van der Waals surface area contributed by atoms with Crippen molar-refractivity contribution in [3.63, 3.8) is 0 Å². The Bertz CT molecular complexity index is 1930. The number of fused-ring (bicyclic) bond motifs is 4. The lowest BCUT2D eigenvalue weighted by Crippen LogP contribution is -2.46. The molecule has 44 heavy (non-hydrogen) atoms. The van der Waals surface area contributed by atoms with Crippen LogP contribution in [0.1, 0.15) is 40.1 Å². The van der Waals surface area contributed by atoms with E-state index in [9.17, 15) is 4.79 Å². The summed E-state index contributed by atoms with van der Waals surface area (Å²) in [7, 11) is 1.38. The first-order valence-electron chi connectivity index (χ1n) is 14.3. The Balaban J connectivity index is 1.46. The van der Waals surface area contributed by atoms with E-state index in [0.29, 0.717) is 41.2 Å². The number of nitrogens with zero attached hydrogens (tertiary/aromatic N) is 6. The van der Waals surface area contributed by atoms with Gasteiger partial charge < -0.3 is 19.7 Å². The third kappa shape index (κ3) is 4.57. The van der Waals surface area contributed by atoms with Crippen molar-refractivity contribution < 1.29 is 14.3 Å². The number of hydrogen-bond acceptors (Lipinski definition) is 9. The summed E-state index contributed by atoms with van der Waals surface area (Å²) in [5, 5.41) is 8.45. The summed E-state index contributed by atoms with van der Waals surface area (Å²) < 4.78 is 12.7. The number of carbonyl (C=O) groups is 1. The summed E-state index contributed by atoms with van der Waals surface area (Å²) in [5.74, 6) is 2.80. The molecule has 10 heteroatoms. The predicted octanol–water partition coefficient (Wildman–Crippen LogP) is 6.56. The van der Waals surface area contributed by atoms with Gasteiger partial charge in [0.1, 0.15) is 5.75 Å². The van der Waals surface area contributed by atoms with Crippen LogP contribution in [0.2, 0.25) is 0 Å². The summed E-state index contributed by atoms with van der Waals surface area (Å²) in [6.45, 7) is 4.46. The van der Waals surface area contributed by atoms with Crippen molar-refractivity contribution in [1.82, 2.24) is 14.8 Å². The maximum absolute atomic E-state index is 12.3. The Morgan fingerprint density at radius 2 is 1.70 bits per heavy atom. The van der Waals surface area contributed by atoms with Crippen LogP contribution in [0, 0.1) is 6.92 Å². The van der Waals surface area contributed by atoms with Crippen molar-refractivity contribution in [3.05, 3.63) is 120 Å². The molecule has 5 aromatic rings. The molecule has 4 heterocycles. The second-order valence-electron chi connectivity index (χ2n) is 10.2. The number of benzene rings is 3. The SMILES string of the molecule is CCOc1ccccc1NC1=Nc2ccccc2N2C1=Nc1c(c(C)nn1-c1ccccn1)[C@H]2c1ccc(C(=O)OC)cc1. The number of aromatic nitrogens is 3. The lowest BCUT2D eigenvalue weighted by molar-refractivity contribution is 0.0600. The fraction of sp³-hybridized carbons (Fsp3) is 0.147. The Labute approximate surface area is 254 Å². The summed E-state index contributed by atoms with van der Waals surface area (Å²) in [4.78, 5) is 29.3. The highest BCUT2D eigenvalue weighted by molar-refractivity contribution is 6.51. The molecule has 2 aliphatic heterocycles. The van der Waals surface area contributed by atoms with E-state index in [-0.39, 0.29) is 6.04 Å². The fourth-order valence-electron chi connectivity index (χ4n) is 5.65. The van der Waals surface area contributed by atoms with Gasteiger partial charge in [-0.25, -0.2) is 19.8 Å². The minimum atomic E-state index is -0.391. The molecule has 0 aliphatic carbocycles. The van der Waals surface area contributed by atoms with Crippen molar-refractivity contribution in [2.24, 2.45) is 9.98 Å². The topological polar surface area (TPSA) is 106 Å². The highest BCUT2D eigenvalue weighted by atomic mass is 16.5. The highest BCUT2D eigenvalue weighted by Gasteiger charge is 2.41. The molecule has 0 radical (unpaired) electrons. The standard InChI is InChI=1S/C34H29N7O3/c1-4-44-27-14-8-6-12-25(27)37-31-33-38-32-29(21(2)39-41(32)28-15-9-10-20-35-28)30(22-16-18-23(19-17-22)34(42)43-3)40(33)26-13-7-5-11-24(26)36-31/h5-20,30H,4H2,1-3H3,(H,36,37)/t30-/m1/s1. The van der Waals surface area contributed by atoms with Gasteiger partial charge in [0.15, 0.2) is 23.3 Å². The largest absolute Gasteiger partial charge is 0.492 e. The van der Waals surface area contributed by atoms with Gasteiger partial charge in [-0.05, 0) is 67.9 Å². The number of aliphatic imine (C=N–C) groups is 2. The third-order valence-corrected chi connectivity index (χ3v) is 7.59. The molecule has 0 saturated carbocycles. The number of pyridine rings is 1. The van der Waals surface area contributed by atoms with Gasteiger partial charge in [0.25, 0.3) is 0 Å². The molecule has 3 aromatic carbocycles. The van der Waals surface area contributed by atoms with E-state index in [2.05, 4.69) is 15.2 Å². The van der Waals surface area contributed by atoms with Gasteiger partial charge in [-0.2, -0.15) is 9.78 Å². The quantitative estimate of drug-likeness (QED) is 0.226. The van der Waals surface area contributed by atoms with Crippen LogP contribution in [0.3, 0.4) is 0 Å². The smallest absolute Gasteiger partial charge is 0.337 e. The van der Waals surface area contributed by atoms with E-state index in [0.717, 1.165) is 33.9 Å². The van der Waals surface area contributed by atoms with E-state index in [4.69, 9.17) is 24.6 Å². The van der Waals surface area contributed by atoms with Crippen LogP contribution in [0.15, 0.2) is 107 Å². The van der Waals surface area contributed by atoms with Crippen molar-refractivity contribution in [2.75, 3.05) is 23.9 Å². The summed E-state index contributed by atoms with van der Waals surface area (Å²) in [6.07, 6.45) is 1.74. The first-order valence-corrected chi connectivity index (χ1v) is 14.3. The number of rotatable bonds is 6. The van der Waals surface area contributed by atoms with Crippen LogP contribution in [-0.2, 0) is 4.74 Å². The van der Waals surface area contributed by atoms with E-state index >= 15 is 0 Å². The zero-order chi connectivity index (χ0) is 30.2. The zero-order valence-electron chi connectivity index (χ0n) is 24.4. The van der Waals surface area contributed by atoms with E-state index in [1.807, 2.05) is 92.7 Å². The van der Waals surface area contributed by atoms with E-state index in [1.165, 1.54) is 7.11 Å². The van der Waals surface area contributed by atoms with Gasteiger partial charge in [0, 0.05) is 11.8 Å². The predicted molar refractivity (Wildman–Crippen MR) is 170 cm³/mol. The number of amidine groups is 2. The number of aryl methyl sites for hydroxylation is 1. The fourth-order valence-corrected chi connectivity index (χ4v) is 5.65. The molecule has 0 bridgehead atoms. The molecule has 2 aromatic heterocycles. The average Bonchev–Trinajstić information content (AvgIpc) is 3.40. The summed E-state index contributed by atoms with van der Waals surface area (Å²) in [6, 6.07) is 28.6. The summed E-state index contributed by atoms with van der Waals surface area (Å²) >= 11 is 0. The second kappa shape index (κ2) is 11.1. The Morgan fingerprint density at radius 3 is 2.48 bits per heavy atom. The Hall–Kier alpha value is -5.77. The number of ether oxygens (including phenoxy) is 2. The molecule has 0 fully saturated rings. The Morgan fingerprint density at radius 1 is 0.932 bits per heavy atom. The normalized spacial score (nSPS) is 14.9. The second-order valence-corrected chi connectivity index (χ2v) is 10.2. The number of hydrogen-bond donors (Lipinski definition) is 1. The molecule has 218 valence electrons. The van der Waals surface area contributed by atoms with Crippen molar-refractivity contribution in [2.45, 2.75) is 19.9 Å². The number of carbonyl (C=O) groups excluding carboxylic acids is 1. The molecule has 1 N–H and O–H groups in total. The molecule has 0 unspecified atom stereocenters. The lowest BCUT2D eigenvalue weighted by atomic mass is 9.92. The number of anilines is 2. The van der Waals surface area contributed by atoms with Crippen LogP contribution in [0.5, 0.6) is 5.75 Å². The maximum Gasteiger partial charge on any atom is 0.337 e. The number of methoxy groups -OCH3 is 1. The minimum absolute atomic E-state index is 0.350. The van der Waals surface area contributed by atoms with Gasteiger partial charge in [-0.15, -0.1) is 0 Å². The van der Waals surface area contributed by atoms with Crippen LogP contribution in [0.4, 0.5) is 22.9 Å².